The molecule has 5 rings (SSSR count). The van der Waals surface area contributed by atoms with Gasteiger partial charge in [-0.05, 0) is 68.1 Å². The molecule has 4 heterocycles. The summed E-state index contributed by atoms with van der Waals surface area (Å²) in [5.41, 5.74) is 8.79. The molecule has 0 aliphatic carbocycles. The van der Waals surface area contributed by atoms with Crippen LogP contribution in [0.2, 0.25) is 0 Å². The Hall–Kier alpha value is -3.30. The molecule has 1 fully saturated rings. The van der Waals surface area contributed by atoms with Crippen molar-refractivity contribution in [1.82, 2.24) is 9.38 Å². The maximum absolute atomic E-state index is 13.7. The van der Waals surface area contributed by atoms with Crippen molar-refractivity contribution < 1.29 is 17.7 Å². The van der Waals surface area contributed by atoms with Crippen molar-refractivity contribution in [3.8, 4) is 0 Å². The second-order valence-electron chi connectivity index (χ2n) is 8.47. The number of nitrogens with two attached hydrogens (primary N) is 1. The van der Waals surface area contributed by atoms with Gasteiger partial charge >= 0.3 is 0 Å². The molecule has 33 heavy (non-hydrogen) atoms. The van der Waals surface area contributed by atoms with Gasteiger partial charge in [-0.25, -0.2) is 13.0 Å². The van der Waals surface area contributed by atoms with Crippen LogP contribution in [-0.2, 0) is 21.1 Å². The van der Waals surface area contributed by atoms with Crippen molar-refractivity contribution in [2.75, 3.05) is 12.3 Å². The molecule has 1 saturated heterocycles. The van der Waals surface area contributed by atoms with Gasteiger partial charge in [0.05, 0.1) is 17.5 Å². The molecule has 170 valence electrons. The maximum Gasteiger partial charge on any atom is 0.278 e. The van der Waals surface area contributed by atoms with E-state index >= 15 is 0 Å². The fourth-order valence-electron chi connectivity index (χ4n) is 4.28. The van der Waals surface area contributed by atoms with E-state index in [0.29, 0.717) is 24.4 Å². The molecule has 9 heteroatoms. The summed E-state index contributed by atoms with van der Waals surface area (Å²) < 4.78 is 36.1. The summed E-state index contributed by atoms with van der Waals surface area (Å²) >= 11 is 0. The third-order valence-electron chi connectivity index (χ3n) is 6.31. The summed E-state index contributed by atoms with van der Waals surface area (Å²) in [5.74, 6) is 0.0448. The average Bonchev–Trinajstić information content (AvgIpc) is 3.31. The molecule has 8 nitrogen and oxygen atoms in total. The Morgan fingerprint density at radius 2 is 2.00 bits per heavy atom. The van der Waals surface area contributed by atoms with Crippen LogP contribution in [0.4, 0.5) is 5.82 Å². The topological polar surface area (TPSA) is 108 Å². The van der Waals surface area contributed by atoms with Gasteiger partial charge in [-0.15, -0.1) is 0 Å². The van der Waals surface area contributed by atoms with E-state index in [1.54, 1.807) is 47.2 Å². The highest BCUT2D eigenvalue weighted by atomic mass is 32.2. The molecule has 1 atom stereocenters. The maximum atomic E-state index is 13.7. The molecular weight excluding hydrogens is 440 g/mol. The monoisotopic (exact) mass is 465 g/mol. The summed E-state index contributed by atoms with van der Waals surface area (Å²) in [5, 5.41) is 0.188. The van der Waals surface area contributed by atoms with Crippen LogP contribution in [0.25, 0.3) is 16.7 Å². The molecule has 0 bridgehead atoms. The smallest absolute Gasteiger partial charge is 0.278 e. The lowest BCUT2D eigenvalue weighted by atomic mass is 10.1. The number of nitrogens with zero attached hydrogens (tertiary/aromatic N) is 3. The molecule has 0 amide bonds. The van der Waals surface area contributed by atoms with Gasteiger partial charge in [-0.1, -0.05) is 17.1 Å². The number of benzene rings is 1. The van der Waals surface area contributed by atoms with Gasteiger partial charge in [0.25, 0.3) is 11.2 Å². The lowest BCUT2D eigenvalue weighted by Crippen LogP contribution is -2.45. The van der Waals surface area contributed by atoms with E-state index in [0.717, 1.165) is 24.0 Å². The summed E-state index contributed by atoms with van der Waals surface area (Å²) in [6.45, 7) is 4.73. The Bertz CT molecular complexity index is 1570. The van der Waals surface area contributed by atoms with Gasteiger partial charge in [0.2, 0.25) is 21.3 Å². The van der Waals surface area contributed by atoms with Crippen LogP contribution in [0.5, 0.6) is 0 Å². The molecule has 2 N–H and O–H groups in total. The van der Waals surface area contributed by atoms with Crippen molar-refractivity contribution in [2.45, 2.75) is 49.1 Å². The number of hydrogen-bond acceptors (Lipinski definition) is 6. The molecule has 0 spiro atoms. The van der Waals surface area contributed by atoms with Gasteiger partial charge in [0.15, 0.2) is 0 Å². The van der Waals surface area contributed by atoms with Crippen molar-refractivity contribution in [2.24, 2.45) is 0 Å². The van der Waals surface area contributed by atoms with E-state index in [2.05, 4.69) is 4.98 Å². The zero-order valence-corrected chi connectivity index (χ0v) is 19.3. The van der Waals surface area contributed by atoms with E-state index < -0.39 is 9.84 Å². The molecule has 1 aliphatic rings. The Kier molecular flexibility index (Phi) is 5.18. The molecule has 4 aromatic rings. The molecular formula is C24H25N4O4S+. The first kappa shape index (κ1) is 21.5. The van der Waals surface area contributed by atoms with Crippen LogP contribution in [0.1, 0.15) is 24.0 Å². The van der Waals surface area contributed by atoms with Crippen LogP contribution in [0.15, 0.2) is 63.2 Å². The number of sulfone groups is 1. The summed E-state index contributed by atoms with van der Waals surface area (Å²) in [6.07, 6.45) is 3.23. The number of ether oxygens (including phenoxy) is 1. The summed E-state index contributed by atoms with van der Waals surface area (Å²) in [6, 6.07) is 11.6. The fraction of sp³-hybridized carbons (Fsp3) is 0.292. The van der Waals surface area contributed by atoms with Crippen molar-refractivity contribution in [1.29, 1.82) is 0 Å². The van der Waals surface area contributed by atoms with Crippen LogP contribution >= 0.6 is 0 Å². The Morgan fingerprint density at radius 1 is 1.18 bits per heavy atom. The lowest BCUT2D eigenvalue weighted by Gasteiger charge is -2.15. The number of anilines is 1. The van der Waals surface area contributed by atoms with Gasteiger partial charge in [0, 0.05) is 12.8 Å². The third kappa shape index (κ3) is 3.57. The largest absolute Gasteiger partial charge is 0.375 e. The normalized spacial score (nSPS) is 16.6. The van der Waals surface area contributed by atoms with Crippen LogP contribution in [0.3, 0.4) is 0 Å². The first-order valence-electron chi connectivity index (χ1n) is 10.8. The SMILES string of the molecule is Cc1ccc(S(=O)(=O)c2cc3c(=O)n4ccccc4nc3[n+](C[C@H]3CCCO3)c2N)cc1C. The number of pyridine rings is 2. The molecule has 1 aliphatic heterocycles. The van der Waals surface area contributed by atoms with E-state index in [4.69, 9.17) is 10.5 Å². The van der Waals surface area contributed by atoms with Gasteiger partial charge in [-0.2, -0.15) is 0 Å². The predicted octanol–water partition coefficient (Wildman–Crippen LogP) is 2.35. The highest BCUT2D eigenvalue weighted by molar-refractivity contribution is 7.91. The number of rotatable bonds is 4. The molecule has 1 aromatic carbocycles. The van der Waals surface area contributed by atoms with Crippen molar-refractivity contribution >= 4 is 32.3 Å². The Balaban J connectivity index is 1.83. The zero-order valence-electron chi connectivity index (χ0n) is 18.5. The van der Waals surface area contributed by atoms with Crippen molar-refractivity contribution in [3.05, 3.63) is 70.1 Å². The number of aromatic nitrogens is 3. The third-order valence-corrected chi connectivity index (χ3v) is 8.09. The minimum Gasteiger partial charge on any atom is -0.375 e. The van der Waals surface area contributed by atoms with Gasteiger partial charge < -0.3 is 10.5 Å². The van der Waals surface area contributed by atoms with Crippen LogP contribution in [-0.4, -0.2) is 30.5 Å². The van der Waals surface area contributed by atoms with E-state index in [1.165, 1.54) is 10.5 Å². The first-order chi connectivity index (χ1) is 15.8. The zero-order chi connectivity index (χ0) is 23.3. The van der Waals surface area contributed by atoms with Gasteiger partial charge in [0.1, 0.15) is 10.3 Å². The number of hydrogen-bond donors (Lipinski definition) is 1. The number of nitrogen functional groups attached to an aromatic ring is 1. The summed E-state index contributed by atoms with van der Waals surface area (Å²) in [4.78, 5) is 18.0. The molecule has 0 radical (unpaired) electrons. The highest BCUT2D eigenvalue weighted by Gasteiger charge is 2.31. The number of fused-ring (bicyclic) bond motifs is 2. The minimum absolute atomic E-state index is 0.0448. The average molecular weight is 466 g/mol. The highest BCUT2D eigenvalue weighted by Crippen LogP contribution is 2.28. The second-order valence-corrected chi connectivity index (χ2v) is 10.4. The Morgan fingerprint density at radius 3 is 2.73 bits per heavy atom. The standard InChI is InChI=1S/C24H24N4O4S/c1-15-8-9-18(12-16(15)2)33(30,31)20-13-19-23(26-21-7-3-4-10-27(21)24(19)29)28(22(20)25)14-17-6-5-11-32-17/h3-4,7-10,12-13,17,25H,5-6,11,14H2,1-2H3/p+1/t17-/m1/s1. The van der Waals surface area contributed by atoms with E-state index in [-0.39, 0.29) is 32.7 Å². The summed E-state index contributed by atoms with van der Waals surface area (Å²) in [7, 11) is -3.99. The number of aryl methyl sites for hydroxylation is 2. The molecule has 3 aromatic heterocycles. The first-order valence-corrected chi connectivity index (χ1v) is 12.3. The lowest BCUT2D eigenvalue weighted by molar-refractivity contribution is -0.667. The molecule has 0 saturated carbocycles. The van der Waals surface area contributed by atoms with Gasteiger partial charge in [-0.3, -0.25) is 9.20 Å². The quantitative estimate of drug-likeness (QED) is 0.366. The van der Waals surface area contributed by atoms with Crippen LogP contribution in [0, 0.1) is 13.8 Å². The van der Waals surface area contributed by atoms with E-state index in [1.807, 2.05) is 13.8 Å². The Labute approximate surface area is 191 Å². The van der Waals surface area contributed by atoms with Crippen LogP contribution < -0.4 is 15.9 Å². The fourth-order valence-corrected chi connectivity index (χ4v) is 5.77. The second kappa shape index (κ2) is 7.93. The minimum atomic E-state index is -3.99. The van der Waals surface area contributed by atoms with Crippen molar-refractivity contribution in [3.63, 3.8) is 0 Å². The predicted molar refractivity (Wildman–Crippen MR) is 124 cm³/mol. The van der Waals surface area contributed by atoms with E-state index in [9.17, 15) is 13.2 Å². The molecule has 0 unspecified atom stereocenters.